The number of nitrogens with two attached hydrogens (primary N) is 1. The van der Waals surface area contributed by atoms with Crippen LogP contribution in [0.25, 0.3) is 11.1 Å². The van der Waals surface area contributed by atoms with Crippen molar-refractivity contribution < 1.29 is 9.13 Å². The molecule has 1 aliphatic carbocycles. The quantitative estimate of drug-likeness (QED) is 0.650. The molecule has 2 atom stereocenters. The van der Waals surface area contributed by atoms with E-state index >= 15 is 0 Å². The third kappa shape index (κ3) is 4.33. The smallest absolute Gasteiger partial charge is 0.166 e. The summed E-state index contributed by atoms with van der Waals surface area (Å²) in [6.07, 6.45) is 8.81. The molecule has 6 nitrogen and oxygen atoms in total. The molecule has 2 aliphatic rings. The Bertz CT molecular complexity index is 984. The molecule has 0 amide bonds. The van der Waals surface area contributed by atoms with Gasteiger partial charge in [-0.1, -0.05) is 11.6 Å². The number of aromatic nitrogens is 3. The van der Waals surface area contributed by atoms with Crippen LogP contribution in [0.5, 0.6) is 5.75 Å². The predicted molar refractivity (Wildman–Crippen MR) is 117 cm³/mol. The van der Waals surface area contributed by atoms with E-state index in [4.69, 9.17) is 33.7 Å². The van der Waals surface area contributed by atoms with Crippen LogP contribution in [0, 0.1) is 0 Å². The molecule has 2 aromatic rings. The van der Waals surface area contributed by atoms with Gasteiger partial charge in [0.1, 0.15) is 11.9 Å². The summed E-state index contributed by atoms with van der Waals surface area (Å²) in [5.74, 6) is 0.153. The van der Waals surface area contributed by atoms with Gasteiger partial charge in [-0.3, -0.25) is 4.68 Å². The molecule has 4 rings (SSSR count). The number of halogens is 3. The topological polar surface area (TPSA) is 78.0 Å². The molecule has 3 N–H and O–H groups in total. The Balaban J connectivity index is 1.56. The Morgan fingerprint density at radius 2 is 2.07 bits per heavy atom. The van der Waals surface area contributed by atoms with Gasteiger partial charge in [-0.15, -0.1) is 11.6 Å². The average Bonchev–Trinajstić information content (AvgIpc) is 3.24. The fraction of sp³-hybridized carbons (Fsp3) is 0.429. The SMILES string of the molecule is C[C@@H](Oc1cc(-c2cnn(C3CCNCC3)c2)cnc1N)C1=C(Cl)C(F)=CCC1Cl. The summed E-state index contributed by atoms with van der Waals surface area (Å²) in [4.78, 5) is 4.27. The number of nitrogens with one attached hydrogen (secondary N) is 1. The van der Waals surface area contributed by atoms with Gasteiger partial charge in [-0.25, -0.2) is 9.37 Å². The highest BCUT2D eigenvalue weighted by Crippen LogP contribution is 2.37. The molecular weight excluding hydrogens is 428 g/mol. The van der Waals surface area contributed by atoms with Crippen LogP contribution in [-0.2, 0) is 0 Å². The van der Waals surface area contributed by atoms with Gasteiger partial charge in [0.15, 0.2) is 11.6 Å². The van der Waals surface area contributed by atoms with E-state index in [1.807, 2.05) is 23.1 Å². The first-order valence-electron chi connectivity index (χ1n) is 10.0. The first-order valence-corrected chi connectivity index (χ1v) is 10.8. The van der Waals surface area contributed by atoms with Gasteiger partial charge < -0.3 is 15.8 Å². The number of anilines is 1. The van der Waals surface area contributed by atoms with Crippen molar-refractivity contribution in [2.75, 3.05) is 18.8 Å². The minimum absolute atomic E-state index is 0.000293. The number of nitrogen functional groups attached to an aromatic ring is 1. The standard InChI is InChI=1S/C21H24Cl2FN5O/c1-12(19-16(22)2-3-17(24)20(19)23)30-18-8-13(9-27-21(18)25)14-10-28-29(11-14)15-4-6-26-7-5-15/h3,8-12,15-16,26H,2,4-7H2,1H3,(H2,25,27)/t12-,16?/m1/s1. The van der Waals surface area contributed by atoms with Gasteiger partial charge >= 0.3 is 0 Å². The Morgan fingerprint density at radius 3 is 2.83 bits per heavy atom. The maximum Gasteiger partial charge on any atom is 0.166 e. The lowest BCUT2D eigenvalue weighted by molar-refractivity contribution is 0.253. The van der Waals surface area contributed by atoms with Crippen LogP contribution in [0.1, 0.15) is 32.2 Å². The number of hydrogen-bond donors (Lipinski definition) is 2. The van der Waals surface area contributed by atoms with Crippen LogP contribution in [0.15, 0.2) is 47.2 Å². The van der Waals surface area contributed by atoms with E-state index in [0.717, 1.165) is 37.1 Å². The lowest BCUT2D eigenvalue weighted by atomic mass is 9.99. The normalized spacial score (nSPS) is 21.5. The van der Waals surface area contributed by atoms with E-state index < -0.39 is 17.3 Å². The zero-order valence-electron chi connectivity index (χ0n) is 16.6. The number of alkyl halides is 1. The number of rotatable bonds is 5. The van der Waals surface area contributed by atoms with Crippen molar-refractivity contribution in [3.63, 3.8) is 0 Å². The molecule has 3 heterocycles. The van der Waals surface area contributed by atoms with Crippen molar-refractivity contribution in [2.24, 2.45) is 0 Å². The third-order valence-corrected chi connectivity index (χ3v) is 6.36. The van der Waals surface area contributed by atoms with Crippen molar-refractivity contribution in [3.8, 4) is 16.9 Å². The molecule has 0 radical (unpaired) electrons. The summed E-state index contributed by atoms with van der Waals surface area (Å²) in [5, 5.41) is 7.45. The zero-order valence-corrected chi connectivity index (χ0v) is 18.1. The van der Waals surface area contributed by atoms with Crippen molar-refractivity contribution in [1.82, 2.24) is 20.1 Å². The molecule has 0 saturated carbocycles. The zero-order chi connectivity index (χ0) is 21.3. The molecule has 160 valence electrons. The molecule has 0 spiro atoms. The van der Waals surface area contributed by atoms with E-state index in [1.165, 1.54) is 6.08 Å². The molecular formula is C21H24Cl2FN5O. The highest BCUT2D eigenvalue weighted by Gasteiger charge is 2.28. The van der Waals surface area contributed by atoms with Gasteiger partial charge in [0.25, 0.3) is 0 Å². The second-order valence-electron chi connectivity index (χ2n) is 7.58. The minimum Gasteiger partial charge on any atom is -0.482 e. The highest BCUT2D eigenvalue weighted by atomic mass is 35.5. The molecule has 1 fully saturated rings. The van der Waals surface area contributed by atoms with Crippen LogP contribution in [0.2, 0.25) is 0 Å². The summed E-state index contributed by atoms with van der Waals surface area (Å²) >= 11 is 12.5. The van der Waals surface area contributed by atoms with Crippen LogP contribution in [-0.4, -0.2) is 39.3 Å². The largest absolute Gasteiger partial charge is 0.482 e. The van der Waals surface area contributed by atoms with Gasteiger partial charge in [0.05, 0.1) is 22.6 Å². The fourth-order valence-corrected chi connectivity index (χ4v) is 4.65. The first-order chi connectivity index (χ1) is 14.4. The van der Waals surface area contributed by atoms with Gasteiger partial charge in [-0.2, -0.15) is 5.10 Å². The van der Waals surface area contributed by atoms with Crippen LogP contribution < -0.4 is 15.8 Å². The third-order valence-electron chi connectivity index (χ3n) is 5.55. The number of piperidine rings is 1. The van der Waals surface area contributed by atoms with Gasteiger partial charge in [-0.05, 0) is 51.4 Å². The van der Waals surface area contributed by atoms with Crippen molar-refractivity contribution >= 4 is 29.0 Å². The molecule has 30 heavy (non-hydrogen) atoms. The summed E-state index contributed by atoms with van der Waals surface area (Å²) in [6.45, 7) is 3.76. The second-order valence-corrected chi connectivity index (χ2v) is 8.49. The van der Waals surface area contributed by atoms with Crippen molar-refractivity contribution in [2.45, 2.75) is 43.7 Å². The summed E-state index contributed by atoms with van der Waals surface area (Å²) in [6, 6.07) is 2.21. The van der Waals surface area contributed by atoms with Crippen LogP contribution in [0.4, 0.5) is 10.2 Å². The van der Waals surface area contributed by atoms with Crippen LogP contribution in [0.3, 0.4) is 0 Å². The number of hydrogen-bond acceptors (Lipinski definition) is 5. The van der Waals surface area contributed by atoms with E-state index in [1.54, 1.807) is 13.1 Å². The molecule has 0 bridgehead atoms. The van der Waals surface area contributed by atoms with E-state index in [2.05, 4.69) is 15.4 Å². The summed E-state index contributed by atoms with van der Waals surface area (Å²) in [5.41, 5.74) is 8.30. The second kappa shape index (κ2) is 8.96. The average molecular weight is 452 g/mol. The fourth-order valence-electron chi connectivity index (χ4n) is 3.85. The summed E-state index contributed by atoms with van der Waals surface area (Å²) < 4.78 is 22.0. The lowest BCUT2D eigenvalue weighted by Gasteiger charge is -2.25. The number of ether oxygens (including phenoxy) is 1. The Hall–Kier alpha value is -2.09. The molecule has 1 unspecified atom stereocenters. The Kier molecular flexibility index (Phi) is 6.32. The maximum atomic E-state index is 13.9. The number of nitrogens with zero attached hydrogens (tertiary/aromatic N) is 3. The molecule has 0 aromatic carbocycles. The van der Waals surface area contributed by atoms with Crippen molar-refractivity contribution in [1.29, 1.82) is 0 Å². The Morgan fingerprint density at radius 1 is 1.30 bits per heavy atom. The summed E-state index contributed by atoms with van der Waals surface area (Å²) in [7, 11) is 0. The lowest BCUT2D eigenvalue weighted by Crippen LogP contribution is -2.29. The van der Waals surface area contributed by atoms with Gasteiger partial charge in [0, 0.05) is 29.1 Å². The van der Waals surface area contributed by atoms with Crippen molar-refractivity contribution in [3.05, 3.63) is 47.2 Å². The van der Waals surface area contributed by atoms with E-state index in [-0.39, 0.29) is 10.9 Å². The molecule has 2 aromatic heterocycles. The molecule has 1 aliphatic heterocycles. The number of pyridine rings is 1. The molecule has 9 heteroatoms. The molecule has 1 saturated heterocycles. The van der Waals surface area contributed by atoms with Gasteiger partial charge in [0.2, 0.25) is 0 Å². The maximum absolute atomic E-state index is 13.9. The predicted octanol–water partition coefficient (Wildman–Crippen LogP) is 4.58. The minimum atomic E-state index is -0.559. The highest BCUT2D eigenvalue weighted by molar-refractivity contribution is 6.33. The monoisotopic (exact) mass is 451 g/mol. The Labute approximate surface area is 184 Å². The van der Waals surface area contributed by atoms with E-state index in [0.29, 0.717) is 23.8 Å². The van der Waals surface area contributed by atoms with E-state index in [9.17, 15) is 4.39 Å². The number of allylic oxidation sites excluding steroid dienone is 3. The van der Waals surface area contributed by atoms with Crippen LogP contribution >= 0.6 is 23.2 Å². The first kappa shape index (κ1) is 21.2.